The number of methoxy groups -OCH3 is 1. The number of carbonyl (C=O) groups excluding carboxylic acids is 1. The summed E-state index contributed by atoms with van der Waals surface area (Å²) in [7, 11) is 1.62. The molecule has 1 fully saturated rings. The van der Waals surface area contributed by atoms with Crippen molar-refractivity contribution in [2.45, 2.75) is 0 Å². The van der Waals surface area contributed by atoms with Crippen LogP contribution in [0.25, 0.3) is 0 Å². The van der Waals surface area contributed by atoms with Gasteiger partial charge in [0.25, 0.3) is 5.88 Å². The number of ether oxygens (including phenoxy) is 2. The molecular weight excluding hydrogens is 320 g/mol. The molecule has 3 rings (SSSR count). The van der Waals surface area contributed by atoms with Gasteiger partial charge >= 0.3 is 0 Å². The molecule has 130 valence electrons. The van der Waals surface area contributed by atoms with E-state index in [0.717, 1.165) is 5.75 Å². The summed E-state index contributed by atoms with van der Waals surface area (Å²) in [6.07, 6.45) is 4.58. The Bertz CT molecular complexity index is 740. The fourth-order valence-corrected chi connectivity index (χ4v) is 2.63. The number of anilines is 1. The number of amides is 1. The van der Waals surface area contributed by atoms with Gasteiger partial charge in [0.15, 0.2) is 5.82 Å². The molecule has 0 unspecified atom stereocenters. The van der Waals surface area contributed by atoms with Gasteiger partial charge in [-0.25, -0.2) is 9.97 Å². The monoisotopic (exact) mass is 340 g/mol. The minimum Gasteiger partial charge on any atom is -0.497 e. The van der Waals surface area contributed by atoms with Gasteiger partial charge in [0.1, 0.15) is 11.5 Å². The van der Waals surface area contributed by atoms with Gasteiger partial charge in [0.2, 0.25) is 5.91 Å². The second-order valence-corrected chi connectivity index (χ2v) is 5.48. The second kappa shape index (κ2) is 7.65. The van der Waals surface area contributed by atoms with Crippen molar-refractivity contribution in [3.05, 3.63) is 49.3 Å². The highest BCUT2D eigenvalue weighted by atomic mass is 16.5. The Kier molecular flexibility index (Phi) is 5.13. The Morgan fingerprint density at radius 2 is 1.72 bits per heavy atom. The first-order valence-electron chi connectivity index (χ1n) is 8.00. The van der Waals surface area contributed by atoms with Crippen molar-refractivity contribution in [1.29, 1.82) is 0 Å². The third-order valence-corrected chi connectivity index (χ3v) is 3.99. The van der Waals surface area contributed by atoms with Crippen molar-refractivity contribution >= 4 is 11.7 Å². The van der Waals surface area contributed by atoms with Crippen LogP contribution in [0.4, 0.5) is 5.82 Å². The van der Waals surface area contributed by atoms with E-state index < -0.39 is 0 Å². The number of aromatic nitrogens is 2. The Morgan fingerprint density at radius 3 is 2.36 bits per heavy atom. The Labute approximate surface area is 146 Å². The SMILES string of the molecule is C=CC(=O)N1CCN(c2nccnc2Oc2ccc(OC)cc2)CC1. The van der Waals surface area contributed by atoms with Crippen molar-refractivity contribution in [1.82, 2.24) is 14.9 Å². The molecule has 0 aliphatic carbocycles. The quantitative estimate of drug-likeness (QED) is 0.777. The third kappa shape index (κ3) is 3.88. The summed E-state index contributed by atoms with van der Waals surface area (Å²) < 4.78 is 11.0. The topological polar surface area (TPSA) is 67.8 Å². The Balaban J connectivity index is 1.73. The van der Waals surface area contributed by atoms with E-state index in [-0.39, 0.29) is 5.91 Å². The van der Waals surface area contributed by atoms with E-state index in [1.54, 1.807) is 24.4 Å². The van der Waals surface area contributed by atoms with Gasteiger partial charge < -0.3 is 19.3 Å². The predicted octanol–water partition coefficient (Wildman–Crippen LogP) is 2.11. The molecule has 1 aromatic heterocycles. The van der Waals surface area contributed by atoms with Crippen LogP contribution in [-0.2, 0) is 4.79 Å². The van der Waals surface area contributed by atoms with Crippen LogP contribution in [0, 0.1) is 0 Å². The fraction of sp³-hybridized carbons (Fsp3) is 0.278. The minimum atomic E-state index is -0.0477. The molecule has 0 radical (unpaired) electrons. The molecule has 1 amide bonds. The zero-order valence-corrected chi connectivity index (χ0v) is 14.1. The van der Waals surface area contributed by atoms with Gasteiger partial charge in [-0.15, -0.1) is 0 Å². The average Bonchev–Trinajstić information content (AvgIpc) is 2.68. The van der Waals surface area contributed by atoms with Gasteiger partial charge in [-0.3, -0.25) is 4.79 Å². The number of piperazine rings is 1. The van der Waals surface area contributed by atoms with E-state index in [0.29, 0.717) is 43.6 Å². The van der Waals surface area contributed by atoms with E-state index in [1.807, 2.05) is 24.3 Å². The number of hydrogen-bond donors (Lipinski definition) is 0. The lowest BCUT2D eigenvalue weighted by atomic mass is 10.3. The summed E-state index contributed by atoms with van der Waals surface area (Å²) >= 11 is 0. The van der Waals surface area contributed by atoms with E-state index >= 15 is 0 Å². The second-order valence-electron chi connectivity index (χ2n) is 5.48. The van der Waals surface area contributed by atoms with Gasteiger partial charge in [-0.1, -0.05) is 6.58 Å². The molecule has 0 bridgehead atoms. The van der Waals surface area contributed by atoms with Crippen molar-refractivity contribution in [3.8, 4) is 17.4 Å². The summed E-state index contributed by atoms with van der Waals surface area (Å²) in [6, 6.07) is 7.28. The molecule has 0 spiro atoms. The molecule has 1 aliphatic rings. The summed E-state index contributed by atoms with van der Waals surface area (Å²) in [4.78, 5) is 24.3. The minimum absolute atomic E-state index is 0.0477. The van der Waals surface area contributed by atoms with Gasteiger partial charge in [0, 0.05) is 38.6 Å². The van der Waals surface area contributed by atoms with Gasteiger partial charge in [-0.05, 0) is 30.3 Å². The number of benzene rings is 1. The number of nitrogens with zero attached hydrogens (tertiary/aromatic N) is 4. The standard InChI is InChI=1S/C18H20N4O3/c1-3-16(23)21-10-12-22(13-11-21)17-18(20-9-8-19-17)25-15-6-4-14(24-2)5-7-15/h3-9H,1,10-13H2,2H3. The first-order chi connectivity index (χ1) is 12.2. The lowest BCUT2D eigenvalue weighted by Gasteiger charge is -2.35. The molecule has 2 aromatic rings. The van der Waals surface area contributed by atoms with Crippen LogP contribution in [0.3, 0.4) is 0 Å². The smallest absolute Gasteiger partial charge is 0.263 e. The molecule has 7 nitrogen and oxygen atoms in total. The molecule has 1 saturated heterocycles. The molecule has 7 heteroatoms. The maximum Gasteiger partial charge on any atom is 0.263 e. The van der Waals surface area contributed by atoms with Crippen molar-refractivity contribution in [2.24, 2.45) is 0 Å². The summed E-state index contributed by atoms with van der Waals surface area (Å²) in [5, 5.41) is 0. The predicted molar refractivity (Wildman–Crippen MR) is 94.1 cm³/mol. The first kappa shape index (κ1) is 16.8. The van der Waals surface area contributed by atoms with Crippen LogP contribution in [0.2, 0.25) is 0 Å². The molecule has 0 atom stereocenters. The highest BCUT2D eigenvalue weighted by Crippen LogP contribution is 2.29. The van der Waals surface area contributed by atoms with Crippen LogP contribution in [0.1, 0.15) is 0 Å². The van der Waals surface area contributed by atoms with E-state index in [9.17, 15) is 4.79 Å². The fourth-order valence-electron chi connectivity index (χ4n) is 2.63. The molecule has 0 saturated carbocycles. The Hall–Kier alpha value is -3.09. The molecule has 2 heterocycles. The van der Waals surface area contributed by atoms with Crippen LogP contribution in [0.5, 0.6) is 17.4 Å². The normalized spacial score (nSPS) is 14.1. The van der Waals surface area contributed by atoms with Crippen LogP contribution in [0.15, 0.2) is 49.3 Å². The van der Waals surface area contributed by atoms with Crippen molar-refractivity contribution < 1.29 is 14.3 Å². The van der Waals surface area contributed by atoms with Crippen molar-refractivity contribution in [3.63, 3.8) is 0 Å². The lowest BCUT2D eigenvalue weighted by molar-refractivity contribution is -0.126. The average molecular weight is 340 g/mol. The van der Waals surface area contributed by atoms with Crippen LogP contribution in [-0.4, -0.2) is 54.1 Å². The van der Waals surface area contributed by atoms with E-state index in [2.05, 4.69) is 21.4 Å². The van der Waals surface area contributed by atoms with E-state index in [4.69, 9.17) is 9.47 Å². The highest BCUT2D eigenvalue weighted by molar-refractivity contribution is 5.87. The van der Waals surface area contributed by atoms with Crippen LogP contribution < -0.4 is 14.4 Å². The molecular formula is C18H20N4O3. The zero-order chi connectivity index (χ0) is 17.6. The molecule has 1 aromatic carbocycles. The zero-order valence-electron chi connectivity index (χ0n) is 14.1. The van der Waals surface area contributed by atoms with E-state index in [1.165, 1.54) is 6.08 Å². The van der Waals surface area contributed by atoms with Gasteiger partial charge in [-0.2, -0.15) is 0 Å². The number of carbonyl (C=O) groups is 1. The lowest BCUT2D eigenvalue weighted by Crippen LogP contribution is -2.48. The highest BCUT2D eigenvalue weighted by Gasteiger charge is 2.23. The summed E-state index contributed by atoms with van der Waals surface area (Å²) in [6.45, 7) is 6.09. The summed E-state index contributed by atoms with van der Waals surface area (Å²) in [5.74, 6) is 2.48. The third-order valence-electron chi connectivity index (χ3n) is 3.99. The number of rotatable bonds is 5. The largest absolute Gasteiger partial charge is 0.497 e. The first-order valence-corrected chi connectivity index (χ1v) is 8.00. The maximum absolute atomic E-state index is 11.7. The Morgan fingerprint density at radius 1 is 1.08 bits per heavy atom. The molecule has 25 heavy (non-hydrogen) atoms. The van der Waals surface area contributed by atoms with Gasteiger partial charge in [0.05, 0.1) is 7.11 Å². The van der Waals surface area contributed by atoms with Crippen molar-refractivity contribution in [2.75, 3.05) is 38.2 Å². The van der Waals surface area contributed by atoms with Crippen LogP contribution >= 0.6 is 0 Å². The number of hydrogen-bond acceptors (Lipinski definition) is 6. The molecule has 1 aliphatic heterocycles. The molecule has 0 N–H and O–H groups in total. The summed E-state index contributed by atoms with van der Waals surface area (Å²) in [5.41, 5.74) is 0. The maximum atomic E-state index is 11.7.